The van der Waals surface area contributed by atoms with Gasteiger partial charge < -0.3 is 4.90 Å². The summed E-state index contributed by atoms with van der Waals surface area (Å²) in [6, 6.07) is 21.9. The lowest BCUT2D eigenvalue weighted by Gasteiger charge is -2.18. The minimum atomic E-state index is 0.00489. The summed E-state index contributed by atoms with van der Waals surface area (Å²) in [6.45, 7) is 2.02. The molecule has 0 spiro atoms. The summed E-state index contributed by atoms with van der Waals surface area (Å²) in [6.07, 6.45) is 0. The van der Waals surface area contributed by atoms with Crippen molar-refractivity contribution in [1.82, 2.24) is 0 Å². The molecular formula is C19H17NO. The number of benzene rings is 3. The second-order valence-electron chi connectivity index (χ2n) is 5.26. The SMILES string of the molecule is Cc1ccc(C(=O)N(C)c2ccc3ccccc3c2)cc1. The summed E-state index contributed by atoms with van der Waals surface area (Å²) >= 11 is 0. The summed E-state index contributed by atoms with van der Waals surface area (Å²) in [7, 11) is 1.81. The van der Waals surface area contributed by atoms with Gasteiger partial charge in [-0.05, 0) is 42.0 Å². The van der Waals surface area contributed by atoms with Gasteiger partial charge in [-0.2, -0.15) is 0 Å². The predicted octanol–water partition coefficient (Wildman–Crippen LogP) is 4.42. The molecule has 2 heteroatoms. The van der Waals surface area contributed by atoms with E-state index in [2.05, 4.69) is 12.1 Å². The molecule has 0 atom stereocenters. The normalized spacial score (nSPS) is 10.6. The molecular weight excluding hydrogens is 258 g/mol. The van der Waals surface area contributed by atoms with Gasteiger partial charge in [0.1, 0.15) is 0 Å². The largest absolute Gasteiger partial charge is 0.311 e. The van der Waals surface area contributed by atoms with Crippen LogP contribution < -0.4 is 4.90 Å². The van der Waals surface area contributed by atoms with Gasteiger partial charge in [0.15, 0.2) is 0 Å². The van der Waals surface area contributed by atoms with Crippen LogP contribution in [-0.2, 0) is 0 Å². The summed E-state index contributed by atoms with van der Waals surface area (Å²) in [4.78, 5) is 14.2. The van der Waals surface area contributed by atoms with Gasteiger partial charge in [-0.25, -0.2) is 0 Å². The third-order valence-corrected chi connectivity index (χ3v) is 3.72. The first kappa shape index (κ1) is 13.4. The molecule has 21 heavy (non-hydrogen) atoms. The van der Waals surface area contributed by atoms with Crippen molar-refractivity contribution in [3.8, 4) is 0 Å². The fourth-order valence-electron chi connectivity index (χ4n) is 2.39. The second-order valence-corrected chi connectivity index (χ2v) is 5.26. The Balaban J connectivity index is 1.93. The number of anilines is 1. The number of nitrogens with zero attached hydrogens (tertiary/aromatic N) is 1. The summed E-state index contributed by atoms with van der Waals surface area (Å²) in [5.41, 5.74) is 2.76. The van der Waals surface area contributed by atoms with Crippen molar-refractivity contribution in [1.29, 1.82) is 0 Å². The molecule has 3 aromatic rings. The number of amides is 1. The Kier molecular flexibility index (Phi) is 3.44. The van der Waals surface area contributed by atoms with E-state index < -0.39 is 0 Å². The molecule has 0 heterocycles. The van der Waals surface area contributed by atoms with Crippen molar-refractivity contribution >= 4 is 22.4 Å². The maximum absolute atomic E-state index is 12.5. The number of hydrogen-bond donors (Lipinski definition) is 0. The minimum Gasteiger partial charge on any atom is -0.311 e. The number of rotatable bonds is 2. The lowest BCUT2D eigenvalue weighted by Crippen LogP contribution is -2.26. The molecule has 104 valence electrons. The van der Waals surface area contributed by atoms with Gasteiger partial charge in [0, 0.05) is 18.3 Å². The average molecular weight is 275 g/mol. The van der Waals surface area contributed by atoms with Crippen molar-refractivity contribution < 1.29 is 4.79 Å². The molecule has 0 aromatic heterocycles. The molecule has 0 N–H and O–H groups in total. The maximum Gasteiger partial charge on any atom is 0.258 e. The Morgan fingerprint density at radius 2 is 1.52 bits per heavy atom. The van der Waals surface area contributed by atoms with E-state index in [0.717, 1.165) is 16.6 Å². The van der Waals surface area contributed by atoms with Crippen molar-refractivity contribution in [2.45, 2.75) is 6.92 Å². The fraction of sp³-hybridized carbons (Fsp3) is 0.105. The van der Waals surface area contributed by atoms with Crippen molar-refractivity contribution in [3.05, 3.63) is 77.9 Å². The van der Waals surface area contributed by atoms with Crippen LogP contribution in [0.15, 0.2) is 66.7 Å². The number of hydrogen-bond acceptors (Lipinski definition) is 1. The van der Waals surface area contributed by atoms with Gasteiger partial charge in [0.2, 0.25) is 0 Å². The van der Waals surface area contributed by atoms with Gasteiger partial charge in [-0.1, -0.05) is 48.0 Å². The van der Waals surface area contributed by atoms with Gasteiger partial charge in [0.25, 0.3) is 5.91 Å². The lowest BCUT2D eigenvalue weighted by molar-refractivity contribution is 0.0993. The molecule has 3 aromatic carbocycles. The Morgan fingerprint density at radius 3 is 2.24 bits per heavy atom. The number of carbonyl (C=O) groups is 1. The van der Waals surface area contributed by atoms with E-state index in [0.29, 0.717) is 5.56 Å². The third kappa shape index (κ3) is 2.65. The topological polar surface area (TPSA) is 20.3 Å². The number of fused-ring (bicyclic) bond motifs is 1. The third-order valence-electron chi connectivity index (χ3n) is 3.72. The van der Waals surface area contributed by atoms with Crippen LogP contribution in [-0.4, -0.2) is 13.0 Å². The minimum absolute atomic E-state index is 0.00489. The first-order chi connectivity index (χ1) is 10.1. The Labute approximate surface area is 124 Å². The summed E-state index contributed by atoms with van der Waals surface area (Å²) in [5.74, 6) is 0.00489. The maximum atomic E-state index is 12.5. The van der Waals surface area contributed by atoms with Crippen LogP contribution in [0.5, 0.6) is 0 Å². The molecule has 1 amide bonds. The lowest BCUT2D eigenvalue weighted by atomic mass is 10.1. The highest BCUT2D eigenvalue weighted by Gasteiger charge is 2.13. The van der Waals surface area contributed by atoms with Crippen molar-refractivity contribution in [2.24, 2.45) is 0 Å². The second kappa shape index (κ2) is 5.41. The van der Waals surface area contributed by atoms with Crippen LogP contribution in [0.2, 0.25) is 0 Å². The quantitative estimate of drug-likeness (QED) is 0.677. The predicted molar refractivity (Wildman–Crippen MR) is 87.9 cm³/mol. The Bertz CT molecular complexity index is 790. The van der Waals surface area contributed by atoms with E-state index in [9.17, 15) is 4.79 Å². The highest BCUT2D eigenvalue weighted by molar-refractivity contribution is 6.06. The van der Waals surface area contributed by atoms with E-state index in [-0.39, 0.29) is 5.91 Å². The molecule has 2 nitrogen and oxygen atoms in total. The van der Waals surface area contributed by atoms with E-state index in [1.165, 1.54) is 5.39 Å². The molecule has 0 aliphatic rings. The first-order valence-corrected chi connectivity index (χ1v) is 6.99. The summed E-state index contributed by atoms with van der Waals surface area (Å²) < 4.78 is 0. The van der Waals surface area contributed by atoms with Crippen LogP contribution in [0.1, 0.15) is 15.9 Å². The molecule has 0 radical (unpaired) electrons. The molecule has 0 saturated heterocycles. The summed E-state index contributed by atoms with van der Waals surface area (Å²) in [5, 5.41) is 2.32. The Hall–Kier alpha value is -2.61. The van der Waals surface area contributed by atoms with Crippen LogP contribution in [0.25, 0.3) is 10.8 Å². The number of carbonyl (C=O) groups excluding carboxylic acids is 1. The zero-order valence-electron chi connectivity index (χ0n) is 12.2. The van der Waals surface area contributed by atoms with Crippen molar-refractivity contribution in [3.63, 3.8) is 0 Å². The van der Waals surface area contributed by atoms with Crippen LogP contribution in [0, 0.1) is 6.92 Å². The Morgan fingerprint density at radius 1 is 0.857 bits per heavy atom. The van der Waals surface area contributed by atoms with Crippen molar-refractivity contribution in [2.75, 3.05) is 11.9 Å². The number of aryl methyl sites for hydroxylation is 1. The van der Waals surface area contributed by atoms with E-state index in [1.54, 1.807) is 4.90 Å². The van der Waals surface area contributed by atoms with E-state index >= 15 is 0 Å². The molecule has 0 unspecified atom stereocenters. The zero-order chi connectivity index (χ0) is 14.8. The molecule has 0 saturated carbocycles. The highest BCUT2D eigenvalue weighted by Crippen LogP contribution is 2.22. The van der Waals surface area contributed by atoms with Gasteiger partial charge in [0.05, 0.1) is 0 Å². The monoisotopic (exact) mass is 275 g/mol. The van der Waals surface area contributed by atoms with Crippen LogP contribution >= 0.6 is 0 Å². The van der Waals surface area contributed by atoms with E-state index in [1.807, 2.05) is 68.6 Å². The molecule has 0 bridgehead atoms. The highest BCUT2D eigenvalue weighted by atomic mass is 16.2. The molecule has 0 aliphatic heterocycles. The zero-order valence-corrected chi connectivity index (χ0v) is 12.2. The first-order valence-electron chi connectivity index (χ1n) is 6.99. The molecule has 3 rings (SSSR count). The smallest absolute Gasteiger partial charge is 0.258 e. The molecule has 0 fully saturated rings. The van der Waals surface area contributed by atoms with Crippen LogP contribution in [0.4, 0.5) is 5.69 Å². The van der Waals surface area contributed by atoms with E-state index in [4.69, 9.17) is 0 Å². The average Bonchev–Trinajstić information content (AvgIpc) is 2.54. The van der Waals surface area contributed by atoms with Gasteiger partial charge in [-0.3, -0.25) is 4.79 Å². The molecule has 0 aliphatic carbocycles. The van der Waals surface area contributed by atoms with Gasteiger partial charge >= 0.3 is 0 Å². The van der Waals surface area contributed by atoms with Crippen LogP contribution in [0.3, 0.4) is 0 Å². The van der Waals surface area contributed by atoms with Gasteiger partial charge in [-0.15, -0.1) is 0 Å². The standard InChI is InChI=1S/C19H17NO/c1-14-7-9-16(10-8-14)19(21)20(2)18-12-11-15-5-3-4-6-17(15)13-18/h3-13H,1-2H3. The fourth-order valence-corrected chi connectivity index (χ4v) is 2.39.